The number of anilines is 1. The van der Waals surface area contributed by atoms with Crippen LogP contribution in [0.3, 0.4) is 0 Å². The molecule has 1 aromatic heterocycles. The molecular formula is C13H14BrN3. The Labute approximate surface area is 109 Å². The van der Waals surface area contributed by atoms with Gasteiger partial charge in [0.1, 0.15) is 0 Å². The minimum absolute atomic E-state index is 0.647. The number of fused-ring (bicyclic) bond motifs is 1. The molecule has 17 heavy (non-hydrogen) atoms. The first kappa shape index (κ1) is 11.0. The smallest absolute Gasteiger partial charge is 0.226 e. The SMILES string of the molecule is BrCCN(c1ncc2ccccc2n1)C1CC1. The van der Waals surface area contributed by atoms with Crippen LogP contribution in [0.5, 0.6) is 0 Å². The molecule has 3 nitrogen and oxygen atoms in total. The van der Waals surface area contributed by atoms with Gasteiger partial charge >= 0.3 is 0 Å². The molecule has 0 atom stereocenters. The van der Waals surface area contributed by atoms with Crippen LogP contribution in [-0.4, -0.2) is 27.9 Å². The van der Waals surface area contributed by atoms with Crippen molar-refractivity contribution in [2.45, 2.75) is 18.9 Å². The predicted molar refractivity (Wildman–Crippen MR) is 73.7 cm³/mol. The van der Waals surface area contributed by atoms with Gasteiger partial charge in [0.2, 0.25) is 5.95 Å². The summed E-state index contributed by atoms with van der Waals surface area (Å²) in [5.41, 5.74) is 1.03. The van der Waals surface area contributed by atoms with Crippen LogP contribution in [0.25, 0.3) is 10.9 Å². The second-order valence-electron chi connectivity index (χ2n) is 4.34. The van der Waals surface area contributed by atoms with Crippen molar-refractivity contribution in [1.82, 2.24) is 9.97 Å². The molecule has 1 heterocycles. The van der Waals surface area contributed by atoms with E-state index < -0.39 is 0 Å². The van der Waals surface area contributed by atoms with Crippen LogP contribution in [0.4, 0.5) is 5.95 Å². The lowest BCUT2D eigenvalue weighted by Crippen LogP contribution is -2.29. The highest BCUT2D eigenvalue weighted by Gasteiger charge is 2.30. The van der Waals surface area contributed by atoms with Crippen molar-refractivity contribution in [1.29, 1.82) is 0 Å². The molecule has 0 radical (unpaired) electrons. The molecule has 0 spiro atoms. The maximum atomic E-state index is 4.65. The van der Waals surface area contributed by atoms with Gasteiger partial charge in [0.25, 0.3) is 0 Å². The van der Waals surface area contributed by atoms with Gasteiger partial charge in [0, 0.05) is 29.5 Å². The number of para-hydroxylation sites is 1. The van der Waals surface area contributed by atoms with E-state index in [0.29, 0.717) is 6.04 Å². The third kappa shape index (κ3) is 2.27. The van der Waals surface area contributed by atoms with Crippen molar-refractivity contribution in [2.75, 3.05) is 16.8 Å². The van der Waals surface area contributed by atoms with Gasteiger partial charge in [-0.05, 0) is 18.9 Å². The standard InChI is InChI=1S/C13H14BrN3/c14-7-8-17(11-5-6-11)13-15-9-10-3-1-2-4-12(10)16-13/h1-4,9,11H,5-8H2. The maximum absolute atomic E-state index is 4.65. The van der Waals surface area contributed by atoms with Gasteiger partial charge in [-0.15, -0.1) is 0 Å². The average Bonchev–Trinajstić information content (AvgIpc) is 3.20. The van der Waals surface area contributed by atoms with Gasteiger partial charge in [-0.2, -0.15) is 0 Å². The quantitative estimate of drug-likeness (QED) is 0.811. The van der Waals surface area contributed by atoms with E-state index in [2.05, 4.69) is 30.8 Å². The van der Waals surface area contributed by atoms with Gasteiger partial charge < -0.3 is 4.90 Å². The molecule has 1 aromatic carbocycles. The van der Waals surface area contributed by atoms with Crippen LogP contribution in [0.2, 0.25) is 0 Å². The van der Waals surface area contributed by atoms with E-state index in [1.165, 1.54) is 12.8 Å². The number of benzene rings is 1. The summed E-state index contributed by atoms with van der Waals surface area (Å²) in [7, 11) is 0. The zero-order chi connectivity index (χ0) is 11.7. The van der Waals surface area contributed by atoms with Gasteiger partial charge in [-0.3, -0.25) is 0 Å². The molecule has 88 valence electrons. The summed E-state index contributed by atoms with van der Waals surface area (Å²) in [6.45, 7) is 0.975. The topological polar surface area (TPSA) is 29.0 Å². The number of aromatic nitrogens is 2. The number of hydrogen-bond acceptors (Lipinski definition) is 3. The summed E-state index contributed by atoms with van der Waals surface area (Å²) >= 11 is 3.50. The Kier molecular flexibility index (Phi) is 2.97. The Balaban J connectivity index is 1.97. The molecule has 0 bridgehead atoms. The summed E-state index contributed by atoms with van der Waals surface area (Å²) in [6.07, 6.45) is 4.45. The van der Waals surface area contributed by atoms with E-state index in [-0.39, 0.29) is 0 Å². The zero-order valence-corrected chi connectivity index (χ0v) is 11.1. The lowest BCUT2D eigenvalue weighted by atomic mass is 10.2. The fourth-order valence-corrected chi connectivity index (χ4v) is 2.41. The monoisotopic (exact) mass is 291 g/mol. The molecule has 2 aromatic rings. The Morgan fingerprint density at radius 3 is 2.88 bits per heavy atom. The van der Waals surface area contributed by atoms with E-state index in [0.717, 1.165) is 28.7 Å². The molecule has 1 aliphatic carbocycles. The number of alkyl halides is 1. The first-order chi connectivity index (χ1) is 8.38. The van der Waals surface area contributed by atoms with Crippen molar-refractivity contribution in [3.8, 4) is 0 Å². The van der Waals surface area contributed by atoms with Crippen molar-refractivity contribution >= 4 is 32.8 Å². The molecule has 0 aliphatic heterocycles. The summed E-state index contributed by atoms with van der Waals surface area (Å²) in [5.74, 6) is 0.866. The third-order valence-electron chi connectivity index (χ3n) is 3.05. The lowest BCUT2D eigenvalue weighted by Gasteiger charge is -2.21. The van der Waals surface area contributed by atoms with E-state index in [9.17, 15) is 0 Å². The Hall–Kier alpha value is -1.16. The molecule has 0 unspecified atom stereocenters. The highest BCUT2D eigenvalue weighted by molar-refractivity contribution is 9.09. The predicted octanol–water partition coefficient (Wildman–Crippen LogP) is 2.99. The number of halogens is 1. The number of nitrogens with zero attached hydrogens (tertiary/aromatic N) is 3. The van der Waals surface area contributed by atoms with Crippen LogP contribution < -0.4 is 4.90 Å². The summed E-state index contributed by atoms with van der Waals surface area (Å²) < 4.78 is 0. The highest BCUT2D eigenvalue weighted by Crippen LogP contribution is 2.30. The summed E-state index contributed by atoms with van der Waals surface area (Å²) in [6, 6.07) is 8.77. The van der Waals surface area contributed by atoms with Gasteiger partial charge in [-0.25, -0.2) is 9.97 Å². The van der Waals surface area contributed by atoms with Crippen LogP contribution in [0, 0.1) is 0 Å². The van der Waals surface area contributed by atoms with Gasteiger partial charge in [0.05, 0.1) is 5.52 Å². The molecule has 0 amide bonds. The third-order valence-corrected chi connectivity index (χ3v) is 3.40. The fourth-order valence-electron chi connectivity index (χ4n) is 2.02. The van der Waals surface area contributed by atoms with Crippen molar-refractivity contribution in [3.63, 3.8) is 0 Å². The normalized spacial score (nSPS) is 15.1. The first-order valence-electron chi connectivity index (χ1n) is 5.93. The largest absolute Gasteiger partial charge is 0.337 e. The van der Waals surface area contributed by atoms with E-state index >= 15 is 0 Å². The van der Waals surface area contributed by atoms with Crippen molar-refractivity contribution in [3.05, 3.63) is 30.5 Å². The first-order valence-corrected chi connectivity index (χ1v) is 7.05. The second-order valence-corrected chi connectivity index (χ2v) is 5.14. The van der Waals surface area contributed by atoms with Crippen molar-refractivity contribution in [2.24, 2.45) is 0 Å². The van der Waals surface area contributed by atoms with Crippen LogP contribution in [0.1, 0.15) is 12.8 Å². The Morgan fingerprint density at radius 1 is 1.29 bits per heavy atom. The second kappa shape index (κ2) is 4.61. The maximum Gasteiger partial charge on any atom is 0.226 e. The Morgan fingerprint density at radius 2 is 2.12 bits per heavy atom. The number of hydrogen-bond donors (Lipinski definition) is 0. The minimum Gasteiger partial charge on any atom is -0.337 e. The van der Waals surface area contributed by atoms with E-state index in [4.69, 9.17) is 0 Å². The zero-order valence-electron chi connectivity index (χ0n) is 9.51. The molecular weight excluding hydrogens is 278 g/mol. The fraction of sp³-hybridized carbons (Fsp3) is 0.385. The molecule has 1 fully saturated rings. The van der Waals surface area contributed by atoms with Crippen molar-refractivity contribution < 1.29 is 0 Å². The molecule has 0 N–H and O–H groups in total. The van der Waals surface area contributed by atoms with E-state index in [1.54, 1.807) is 0 Å². The molecule has 4 heteroatoms. The minimum atomic E-state index is 0.647. The van der Waals surface area contributed by atoms with Crippen LogP contribution in [0.15, 0.2) is 30.5 Å². The highest BCUT2D eigenvalue weighted by atomic mass is 79.9. The molecule has 0 saturated heterocycles. The molecule has 1 saturated carbocycles. The van der Waals surface area contributed by atoms with Gasteiger partial charge in [0.15, 0.2) is 0 Å². The van der Waals surface area contributed by atoms with Crippen LogP contribution >= 0.6 is 15.9 Å². The average molecular weight is 292 g/mol. The Bertz CT molecular complexity index is 525. The van der Waals surface area contributed by atoms with Crippen LogP contribution in [-0.2, 0) is 0 Å². The van der Waals surface area contributed by atoms with Gasteiger partial charge in [-0.1, -0.05) is 34.1 Å². The summed E-state index contributed by atoms with van der Waals surface area (Å²) in [4.78, 5) is 11.4. The lowest BCUT2D eigenvalue weighted by molar-refractivity contribution is 0.798. The van der Waals surface area contributed by atoms with E-state index in [1.807, 2.05) is 30.5 Å². The molecule has 1 aliphatic rings. The number of rotatable bonds is 4. The summed E-state index contributed by atoms with van der Waals surface area (Å²) in [5, 5.41) is 2.06. The molecule has 3 rings (SSSR count).